The zero-order valence-corrected chi connectivity index (χ0v) is 14.2. The van der Waals surface area contributed by atoms with Crippen molar-refractivity contribution in [3.8, 4) is 0 Å². The maximum atomic E-state index is 6.55. The lowest BCUT2D eigenvalue weighted by Crippen LogP contribution is -2.42. The van der Waals surface area contributed by atoms with Gasteiger partial charge in [-0.2, -0.15) is 5.10 Å². The summed E-state index contributed by atoms with van der Waals surface area (Å²) in [5, 5.41) is 9.12. The van der Waals surface area contributed by atoms with Crippen LogP contribution in [0.1, 0.15) is 45.0 Å². The maximum Gasteiger partial charge on any atom is 0.0850 e. The fraction of sp³-hybridized carbons (Fsp3) is 0.812. The van der Waals surface area contributed by atoms with Gasteiger partial charge in [-0.3, -0.25) is 4.68 Å². The highest BCUT2D eigenvalue weighted by atomic mass is 35.5. The average molecular weight is 314 g/mol. The first kappa shape index (κ1) is 16.8. The van der Waals surface area contributed by atoms with E-state index in [9.17, 15) is 0 Å². The topological polar surface area (TPSA) is 39.1 Å². The number of likely N-dealkylation sites (N-methyl/N-ethyl adjacent to an activating group) is 1. The zero-order valence-electron chi connectivity index (χ0n) is 13.5. The Bertz CT molecular complexity index is 441. The average Bonchev–Trinajstić information content (AvgIpc) is 2.83. The molecule has 1 aliphatic heterocycles. The Balaban J connectivity index is 2.17. The Morgan fingerprint density at radius 3 is 2.81 bits per heavy atom. The van der Waals surface area contributed by atoms with E-state index in [1.54, 1.807) is 0 Å². The number of hydrogen-bond donors (Lipinski definition) is 1. The number of rotatable bonds is 7. The van der Waals surface area contributed by atoms with Crippen LogP contribution in [0.5, 0.6) is 0 Å². The van der Waals surface area contributed by atoms with E-state index in [4.69, 9.17) is 16.3 Å². The first-order valence-corrected chi connectivity index (χ1v) is 8.64. The van der Waals surface area contributed by atoms with Gasteiger partial charge < -0.3 is 10.1 Å². The molecule has 1 saturated heterocycles. The van der Waals surface area contributed by atoms with E-state index in [1.807, 2.05) is 0 Å². The lowest BCUT2D eigenvalue weighted by molar-refractivity contribution is 0.0393. The van der Waals surface area contributed by atoms with Crippen molar-refractivity contribution in [2.24, 2.45) is 5.92 Å². The molecule has 0 bridgehead atoms. The molecule has 1 N–H and O–H groups in total. The van der Waals surface area contributed by atoms with E-state index in [1.165, 1.54) is 12.1 Å². The number of ether oxygens (including phenoxy) is 1. The summed E-state index contributed by atoms with van der Waals surface area (Å²) in [4.78, 5) is 0. The van der Waals surface area contributed by atoms with Crippen LogP contribution in [0.4, 0.5) is 0 Å². The highest BCUT2D eigenvalue weighted by Gasteiger charge is 2.26. The van der Waals surface area contributed by atoms with Gasteiger partial charge in [-0.15, -0.1) is 0 Å². The SMILES string of the molecule is CCNC(Cc1c(Cl)c(CC)nn1CC)C1CCCOC1. The highest BCUT2D eigenvalue weighted by Crippen LogP contribution is 2.26. The zero-order chi connectivity index (χ0) is 15.2. The van der Waals surface area contributed by atoms with Gasteiger partial charge in [0.05, 0.1) is 23.0 Å². The molecule has 2 unspecified atom stereocenters. The second-order valence-corrected chi connectivity index (χ2v) is 6.10. The summed E-state index contributed by atoms with van der Waals surface area (Å²) >= 11 is 6.55. The molecule has 0 aliphatic carbocycles. The van der Waals surface area contributed by atoms with E-state index in [0.717, 1.165) is 56.3 Å². The Kier molecular flexibility index (Phi) is 6.52. The minimum Gasteiger partial charge on any atom is -0.381 e. The highest BCUT2D eigenvalue weighted by molar-refractivity contribution is 6.31. The second-order valence-electron chi connectivity index (χ2n) is 5.72. The molecule has 1 aliphatic rings. The van der Waals surface area contributed by atoms with Gasteiger partial charge in [-0.1, -0.05) is 25.4 Å². The van der Waals surface area contributed by atoms with Crippen LogP contribution in [0.15, 0.2) is 0 Å². The second kappa shape index (κ2) is 8.16. The summed E-state index contributed by atoms with van der Waals surface area (Å²) in [6.07, 6.45) is 4.21. The van der Waals surface area contributed by atoms with Gasteiger partial charge >= 0.3 is 0 Å². The van der Waals surface area contributed by atoms with Crippen LogP contribution in [0.3, 0.4) is 0 Å². The number of nitrogens with one attached hydrogen (secondary N) is 1. The first-order valence-electron chi connectivity index (χ1n) is 8.26. The third-order valence-corrected chi connectivity index (χ3v) is 4.77. The molecule has 120 valence electrons. The number of aryl methyl sites for hydroxylation is 2. The van der Waals surface area contributed by atoms with Crippen molar-refractivity contribution in [2.75, 3.05) is 19.8 Å². The third kappa shape index (κ3) is 3.99. The fourth-order valence-electron chi connectivity index (χ4n) is 3.17. The molecule has 21 heavy (non-hydrogen) atoms. The van der Waals surface area contributed by atoms with Crippen LogP contribution < -0.4 is 5.32 Å². The Hall–Kier alpha value is -0.580. The van der Waals surface area contributed by atoms with Crippen molar-refractivity contribution >= 4 is 11.6 Å². The van der Waals surface area contributed by atoms with Crippen LogP contribution in [-0.4, -0.2) is 35.6 Å². The molecular formula is C16H28ClN3O. The molecule has 2 heterocycles. The van der Waals surface area contributed by atoms with Gasteiger partial charge in [0, 0.05) is 25.6 Å². The maximum absolute atomic E-state index is 6.55. The lowest BCUT2D eigenvalue weighted by atomic mass is 9.90. The van der Waals surface area contributed by atoms with Crippen molar-refractivity contribution in [3.05, 3.63) is 16.4 Å². The van der Waals surface area contributed by atoms with Crippen molar-refractivity contribution in [3.63, 3.8) is 0 Å². The summed E-state index contributed by atoms with van der Waals surface area (Å²) in [6, 6.07) is 0.416. The van der Waals surface area contributed by atoms with Gasteiger partial charge in [-0.05, 0) is 38.6 Å². The molecule has 1 fully saturated rings. The summed E-state index contributed by atoms with van der Waals surface area (Å²) in [7, 11) is 0. The van der Waals surface area contributed by atoms with Crippen LogP contribution in [0, 0.1) is 5.92 Å². The smallest absolute Gasteiger partial charge is 0.0850 e. The number of aromatic nitrogens is 2. The largest absolute Gasteiger partial charge is 0.381 e. The van der Waals surface area contributed by atoms with E-state index >= 15 is 0 Å². The van der Waals surface area contributed by atoms with Gasteiger partial charge in [0.1, 0.15) is 0 Å². The van der Waals surface area contributed by atoms with Gasteiger partial charge in [0.2, 0.25) is 0 Å². The molecule has 2 atom stereocenters. The van der Waals surface area contributed by atoms with E-state index in [2.05, 4.69) is 35.9 Å². The minimum atomic E-state index is 0.416. The molecule has 0 saturated carbocycles. The van der Waals surface area contributed by atoms with Crippen LogP contribution in [0.2, 0.25) is 5.02 Å². The summed E-state index contributed by atoms with van der Waals surface area (Å²) in [6.45, 7) is 9.99. The van der Waals surface area contributed by atoms with E-state index in [0.29, 0.717) is 12.0 Å². The monoisotopic (exact) mass is 313 g/mol. The normalized spacial score (nSPS) is 20.7. The molecular weight excluding hydrogens is 286 g/mol. The molecule has 2 rings (SSSR count). The Morgan fingerprint density at radius 2 is 2.24 bits per heavy atom. The summed E-state index contributed by atoms with van der Waals surface area (Å²) in [5.41, 5.74) is 2.19. The van der Waals surface area contributed by atoms with Crippen LogP contribution in [0.25, 0.3) is 0 Å². The van der Waals surface area contributed by atoms with E-state index in [-0.39, 0.29) is 0 Å². The number of hydrogen-bond acceptors (Lipinski definition) is 3. The van der Waals surface area contributed by atoms with Crippen molar-refractivity contribution in [1.82, 2.24) is 15.1 Å². The predicted octanol–water partition coefficient (Wildman–Crippen LogP) is 3.07. The van der Waals surface area contributed by atoms with Crippen molar-refractivity contribution < 1.29 is 4.74 Å². The Labute approximate surface area is 133 Å². The first-order chi connectivity index (χ1) is 10.2. The molecule has 0 amide bonds. The summed E-state index contributed by atoms with van der Waals surface area (Å²) < 4.78 is 7.73. The van der Waals surface area contributed by atoms with E-state index < -0.39 is 0 Å². The van der Waals surface area contributed by atoms with Gasteiger partial charge in [-0.25, -0.2) is 0 Å². The third-order valence-electron chi connectivity index (χ3n) is 4.34. The molecule has 1 aromatic heterocycles. The fourth-order valence-corrected chi connectivity index (χ4v) is 3.52. The van der Waals surface area contributed by atoms with Crippen molar-refractivity contribution in [2.45, 2.75) is 59.0 Å². The minimum absolute atomic E-state index is 0.416. The molecule has 1 aromatic rings. The molecule has 4 nitrogen and oxygen atoms in total. The standard InChI is InChI=1S/C16H28ClN3O/c1-4-13-16(17)15(20(6-3)19-13)10-14(18-5-2)12-8-7-9-21-11-12/h12,14,18H,4-11H2,1-3H3. The van der Waals surface area contributed by atoms with Gasteiger partial charge in [0.25, 0.3) is 0 Å². The number of halogens is 1. The van der Waals surface area contributed by atoms with Crippen LogP contribution in [-0.2, 0) is 24.1 Å². The summed E-state index contributed by atoms with van der Waals surface area (Å²) in [5.74, 6) is 0.569. The van der Waals surface area contributed by atoms with Crippen molar-refractivity contribution in [1.29, 1.82) is 0 Å². The molecule has 0 spiro atoms. The van der Waals surface area contributed by atoms with Gasteiger partial charge in [0.15, 0.2) is 0 Å². The lowest BCUT2D eigenvalue weighted by Gasteiger charge is -2.31. The molecule has 0 radical (unpaired) electrons. The number of nitrogens with zero attached hydrogens (tertiary/aromatic N) is 2. The van der Waals surface area contributed by atoms with Crippen LogP contribution >= 0.6 is 11.6 Å². The Morgan fingerprint density at radius 1 is 1.43 bits per heavy atom. The quantitative estimate of drug-likeness (QED) is 0.841. The molecule has 5 heteroatoms. The molecule has 0 aromatic carbocycles. The predicted molar refractivity (Wildman–Crippen MR) is 87.0 cm³/mol.